The molecule has 3 aromatic rings. The van der Waals surface area contributed by atoms with Crippen molar-refractivity contribution >= 4 is 0 Å². The summed E-state index contributed by atoms with van der Waals surface area (Å²) in [5.41, 5.74) is 3.18. The molecular formula is C23H27NO3. The molecule has 0 radical (unpaired) electrons. The Kier molecular flexibility index (Phi) is 5.54. The van der Waals surface area contributed by atoms with Crippen LogP contribution in [0.5, 0.6) is 11.5 Å². The van der Waals surface area contributed by atoms with Crippen molar-refractivity contribution in [2.24, 2.45) is 0 Å². The van der Waals surface area contributed by atoms with Crippen LogP contribution in [0, 0.1) is 6.92 Å². The number of oxazole rings is 1. The average Bonchev–Trinajstić information content (AvgIpc) is 3.01. The number of hydrogen-bond acceptors (Lipinski definition) is 4. The Bertz CT molecular complexity index is 889. The maximum Gasteiger partial charge on any atom is 0.226 e. The van der Waals surface area contributed by atoms with Crippen molar-refractivity contribution in [2.45, 2.75) is 46.6 Å². The van der Waals surface area contributed by atoms with E-state index in [2.05, 4.69) is 50.0 Å². The Hall–Kier alpha value is -2.75. The third kappa shape index (κ3) is 4.70. The van der Waals surface area contributed by atoms with Gasteiger partial charge in [-0.3, -0.25) is 0 Å². The van der Waals surface area contributed by atoms with Gasteiger partial charge in [0.25, 0.3) is 0 Å². The van der Waals surface area contributed by atoms with Gasteiger partial charge in [0.2, 0.25) is 5.89 Å². The molecule has 1 heterocycles. The Balaban J connectivity index is 1.72. The maximum absolute atomic E-state index is 5.87. The van der Waals surface area contributed by atoms with Crippen molar-refractivity contribution in [1.29, 1.82) is 0 Å². The van der Waals surface area contributed by atoms with Crippen molar-refractivity contribution in [1.82, 2.24) is 4.98 Å². The lowest BCUT2D eigenvalue weighted by molar-refractivity contribution is 0.294. The number of hydrogen-bond donors (Lipinski definition) is 0. The van der Waals surface area contributed by atoms with Crippen LogP contribution in [-0.2, 0) is 12.0 Å². The second-order valence-corrected chi connectivity index (χ2v) is 7.55. The first kappa shape index (κ1) is 19.0. The molecule has 0 bridgehead atoms. The monoisotopic (exact) mass is 365 g/mol. The first-order valence-corrected chi connectivity index (χ1v) is 9.29. The van der Waals surface area contributed by atoms with Gasteiger partial charge in [-0.05, 0) is 49.1 Å². The average molecular weight is 365 g/mol. The third-order valence-corrected chi connectivity index (χ3v) is 4.38. The molecule has 0 amide bonds. The predicted octanol–water partition coefficient (Wildman–Crippen LogP) is 5.93. The summed E-state index contributed by atoms with van der Waals surface area (Å²) in [7, 11) is 0. The van der Waals surface area contributed by atoms with Gasteiger partial charge in [-0.2, -0.15) is 0 Å². The second kappa shape index (κ2) is 7.87. The molecule has 0 saturated carbocycles. The summed E-state index contributed by atoms with van der Waals surface area (Å²) < 4.78 is 17.2. The van der Waals surface area contributed by atoms with Crippen molar-refractivity contribution < 1.29 is 13.9 Å². The van der Waals surface area contributed by atoms with E-state index < -0.39 is 0 Å². The van der Waals surface area contributed by atoms with E-state index in [1.165, 1.54) is 5.56 Å². The van der Waals surface area contributed by atoms with Crippen molar-refractivity contribution in [3.8, 4) is 23.0 Å². The van der Waals surface area contributed by atoms with Crippen LogP contribution in [0.1, 0.15) is 44.7 Å². The molecule has 0 fully saturated rings. The molecule has 2 aromatic carbocycles. The van der Waals surface area contributed by atoms with Gasteiger partial charge in [-0.1, -0.05) is 39.0 Å². The lowest BCUT2D eigenvalue weighted by atomic mass is 9.87. The van der Waals surface area contributed by atoms with Crippen molar-refractivity contribution in [3.05, 3.63) is 65.5 Å². The standard InChI is InChI=1S/C23H27NO3/c1-6-25-19-8-7-9-20(14-19)26-15-21-16(2)27-22(24-21)17-10-12-18(13-11-17)23(3,4)5/h7-14H,6,15H2,1-5H3. The number of aromatic nitrogens is 1. The summed E-state index contributed by atoms with van der Waals surface area (Å²) in [6.07, 6.45) is 0. The highest BCUT2D eigenvalue weighted by Crippen LogP contribution is 2.27. The molecule has 4 heteroatoms. The Morgan fingerprint density at radius 2 is 1.63 bits per heavy atom. The number of nitrogens with zero attached hydrogens (tertiary/aromatic N) is 1. The Morgan fingerprint density at radius 3 is 2.26 bits per heavy atom. The molecule has 142 valence electrons. The molecule has 0 aliphatic rings. The van der Waals surface area contributed by atoms with E-state index in [1.807, 2.05) is 38.1 Å². The first-order valence-electron chi connectivity index (χ1n) is 9.29. The number of rotatable bonds is 6. The van der Waals surface area contributed by atoms with Gasteiger partial charge in [0, 0.05) is 11.6 Å². The highest BCUT2D eigenvalue weighted by Gasteiger charge is 2.16. The van der Waals surface area contributed by atoms with Gasteiger partial charge in [0.1, 0.15) is 29.6 Å². The smallest absolute Gasteiger partial charge is 0.226 e. The highest BCUT2D eigenvalue weighted by molar-refractivity contribution is 5.54. The zero-order chi connectivity index (χ0) is 19.4. The summed E-state index contributed by atoms with van der Waals surface area (Å²) in [6.45, 7) is 11.5. The van der Waals surface area contributed by atoms with E-state index in [0.717, 1.165) is 28.5 Å². The van der Waals surface area contributed by atoms with Gasteiger partial charge in [0.15, 0.2) is 0 Å². The lowest BCUT2D eigenvalue weighted by Crippen LogP contribution is -2.10. The van der Waals surface area contributed by atoms with Crippen LogP contribution in [0.15, 0.2) is 52.9 Å². The minimum atomic E-state index is 0.125. The van der Waals surface area contributed by atoms with E-state index in [0.29, 0.717) is 19.1 Å². The molecule has 0 saturated heterocycles. The zero-order valence-corrected chi connectivity index (χ0v) is 16.7. The van der Waals surface area contributed by atoms with Crippen LogP contribution in [0.4, 0.5) is 0 Å². The molecule has 27 heavy (non-hydrogen) atoms. The molecule has 0 unspecified atom stereocenters. The van der Waals surface area contributed by atoms with Crippen LogP contribution in [-0.4, -0.2) is 11.6 Å². The number of ether oxygens (including phenoxy) is 2. The van der Waals surface area contributed by atoms with Gasteiger partial charge >= 0.3 is 0 Å². The predicted molar refractivity (Wildman–Crippen MR) is 107 cm³/mol. The fraction of sp³-hybridized carbons (Fsp3) is 0.348. The van der Waals surface area contributed by atoms with E-state index >= 15 is 0 Å². The fourth-order valence-electron chi connectivity index (χ4n) is 2.77. The lowest BCUT2D eigenvalue weighted by Gasteiger charge is -2.18. The minimum Gasteiger partial charge on any atom is -0.494 e. The molecule has 0 aliphatic carbocycles. The zero-order valence-electron chi connectivity index (χ0n) is 16.7. The van der Waals surface area contributed by atoms with Crippen molar-refractivity contribution in [2.75, 3.05) is 6.61 Å². The summed E-state index contributed by atoms with van der Waals surface area (Å²) in [6, 6.07) is 16.0. The molecular weight excluding hydrogens is 338 g/mol. The fourth-order valence-corrected chi connectivity index (χ4v) is 2.77. The summed E-state index contributed by atoms with van der Waals surface area (Å²) in [5.74, 6) is 2.94. The third-order valence-electron chi connectivity index (χ3n) is 4.38. The SMILES string of the molecule is CCOc1cccc(OCc2nc(-c3ccc(C(C)(C)C)cc3)oc2C)c1. The molecule has 0 aliphatic heterocycles. The summed E-state index contributed by atoms with van der Waals surface area (Å²) >= 11 is 0. The van der Waals surface area contributed by atoms with Gasteiger partial charge in [0.05, 0.1) is 6.61 Å². The molecule has 3 rings (SSSR count). The van der Waals surface area contributed by atoms with Gasteiger partial charge < -0.3 is 13.9 Å². The van der Waals surface area contributed by atoms with Crippen LogP contribution in [0.3, 0.4) is 0 Å². The Morgan fingerprint density at radius 1 is 0.963 bits per heavy atom. The van der Waals surface area contributed by atoms with Gasteiger partial charge in [-0.15, -0.1) is 0 Å². The van der Waals surface area contributed by atoms with Gasteiger partial charge in [-0.25, -0.2) is 4.98 Å². The molecule has 4 nitrogen and oxygen atoms in total. The molecule has 0 atom stereocenters. The number of benzene rings is 2. The van der Waals surface area contributed by atoms with Crippen LogP contribution in [0.2, 0.25) is 0 Å². The maximum atomic E-state index is 5.87. The van der Waals surface area contributed by atoms with Crippen LogP contribution in [0.25, 0.3) is 11.5 Å². The number of aryl methyl sites for hydroxylation is 1. The largest absolute Gasteiger partial charge is 0.494 e. The van der Waals surface area contributed by atoms with E-state index in [4.69, 9.17) is 13.9 Å². The van der Waals surface area contributed by atoms with E-state index in [-0.39, 0.29) is 5.41 Å². The minimum absolute atomic E-state index is 0.125. The summed E-state index contributed by atoms with van der Waals surface area (Å²) in [4.78, 5) is 4.62. The molecule has 1 aromatic heterocycles. The highest BCUT2D eigenvalue weighted by atomic mass is 16.5. The molecule has 0 N–H and O–H groups in total. The topological polar surface area (TPSA) is 44.5 Å². The molecule has 0 spiro atoms. The van der Waals surface area contributed by atoms with Crippen LogP contribution >= 0.6 is 0 Å². The Labute approximate surface area is 161 Å². The normalized spacial score (nSPS) is 11.4. The van der Waals surface area contributed by atoms with Crippen LogP contribution < -0.4 is 9.47 Å². The first-order chi connectivity index (χ1) is 12.9. The second-order valence-electron chi connectivity index (χ2n) is 7.55. The van der Waals surface area contributed by atoms with Crippen molar-refractivity contribution in [3.63, 3.8) is 0 Å². The van der Waals surface area contributed by atoms with E-state index in [1.54, 1.807) is 0 Å². The quantitative estimate of drug-likeness (QED) is 0.543. The van der Waals surface area contributed by atoms with E-state index in [9.17, 15) is 0 Å². The summed E-state index contributed by atoms with van der Waals surface area (Å²) in [5, 5.41) is 0.